The first kappa shape index (κ1) is 41.2. The first-order chi connectivity index (χ1) is 23.9. The van der Waals surface area contributed by atoms with Crippen molar-refractivity contribution < 1.29 is 35.9 Å². The van der Waals surface area contributed by atoms with Crippen LogP contribution in [0.15, 0.2) is 48.5 Å². The van der Waals surface area contributed by atoms with Crippen LogP contribution in [0.5, 0.6) is 0 Å². The van der Waals surface area contributed by atoms with Crippen molar-refractivity contribution in [3.8, 4) is 0 Å². The van der Waals surface area contributed by atoms with Gasteiger partial charge in [0.25, 0.3) is 0 Å². The summed E-state index contributed by atoms with van der Waals surface area (Å²) in [5.41, 5.74) is 0.620. The van der Waals surface area contributed by atoms with Gasteiger partial charge in [-0.2, -0.15) is 26.3 Å². The predicted molar refractivity (Wildman–Crippen MR) is 183 cm³/mol. The first-order valence-electron chi connectivity index (χ1n) is 16.1. The molecule has 0 aliphatic carbocycles. The minimum atomic E-state index is -4.67. The number of benzene rings is 2. The van der Waals surface area contributed by atoms with Crippen LogP contribution >= 0.6 is 35.6 Å². The fraction of sp³-hybridized carbons (Fsp3) is 0.485. The zero-order valence-corrected chi connectivity index (χ0v) is 30.6. The van der Waals surface area contributed by atoms with E-state index in [2.05, 4.69) is 25.7 Å². The number of hydrogen-bond donors (Lipinski definition) is 1. The molecule has 19 heteroatoms. The second-order valence-corrected chi connectivity index (χ2v) is 14.0. The lowest BCUT2D eigenvalue weighted by molar-refractivity contribution is -0.148. The van der Waals surface area contributed by atoms with Gasteiger partial charge in [-0.25, -0.2) is 4.79 Å². The summed E-state index contributed by atoms with van der Waals surface area (Å²) in [4.78, 5) is 14.0. The van der Waals surface area contributed by atoms with Gasteiger partial charge in [-0.1, -0.05) is 47.5 Å². The summed E-state index contributed by atoms with van der Waals surface area (Å²) in [6, 6.07) is 12.4. The Morgan fingerprint density at radius 1 is 0.769 bits per heavy atom. The molecular weight excluding hydrogens is 761 g/mol. The van der Waals surface area contributed by atoms with Crippen LogP contribution in [-0.2, 0) is 30.2 Å². The molecule has 1 amide bonds. The smallest absolute Gasteiger partial charge is 0.444 e. The Labute approximate surface area is 312 Å². The monoisotopic (exact) mass is 796 g/mol. The third-order valence-electron chi connectivity index (χ3n) is 8.12. The molecule has 2 atom stereocenters. The number of ether oxygens (including phenoxy) is 1. The highest BCUT2D eigenvalue weighted by molar-refractivity contribution is 6.30. The van der Waals surface area contributed by atoms with Gasteiger partial charge in [0.2, 0.25) is 11.6 Å². The van der Waals surface area contributed by atoms with Crippen molar-refractivity contribution in [1.82, 2.24) is 39.7 Å². The number of carbonyl (C=O) groups is 1. The molecule has 2 saturated heterocycles. The summed E-state index contributed by atoms with van der Waals surface area (Å²) >= 11 is 11.7. The lowest BCUT2D eigenvalue weighted by Gasteiger charge is -2.28. The molecule has 52 heavy (non-hydrogen) atoms. The standard InChI is InChI=1S/C19H22ClF3N4O2.C14H14ClF3N4.ClH/c1-18(2,3)29-17(28)26-10-4-5-14(26)15-24-25-16(19(21,22)23)27(15)11-12-6-8-13(20)9-7-12;15-10-5-3-9(4-6-10)8-22-12(11-2-1-7-19-11)20-21-13(22)14(16,17)18;/h6-9,14H,4-5,10-11H2,1-3H3;3-6,11,19H,1-2,7-8H2;1H/t14-;11-;/m11./s1. The Balaban J connectivity index is 0.000000236. The number of amides is 1. The van der Waals surface area contributed by atoms with Gasteiger partial charge in [0.15, 0.2) is 11.6 Å². The van der Waals surface area contributed by atoms with Crippen LogP contribution in [0, 0.1) is 0 Å². The van der Waals surface area contributed by atoms with E-state index in [4.69, 9.17) is 27.9 Å². The second-order valence-electron chi connectivity index (χ2n) is 13.2. The largest absolute Gasteiger partial charge is 0.451 e. The Hall–Kier alpha value is -3.60. The fourth-order valence-corrected chi connectivity index (χ4v) is 6.14. The lowest BCUT2D eigenvalue weighted by atomic mass is 10.2. The van der Waals surface area contributed by atoms with E-state index in [0.717, 1.165) is 28.5 Å². The van der Waals surface area contributed by atoms with Crippen molar-refractivity contribution in [3.63, 3.8) is 0 Å². The predicted octanol–water partition coefficient (Wildman–Crippen LogP) is 8.92. The van der Waals surface area contributed by atoms with Crippen molar-refractivity contribution in [1.29, 1.82) is 0 Å². The molecule has 1 N–H and O–H groups in total. The van der Waals surface area contributed by atoms with E-state index in [-0.39, 0.29) is 37.4 Å². The zero-order valence-electron chi connectivity index (χ0n) is 28.3. The van der Waals surface area contributed by atoms with Crippen molar-refractivity contribution >= 4 is 41.7 Å². The molecule has 2 fully saturated rings. The summed E-state index contributed by atoms with van der Waals surface area (Å²) in [6.07, 6.45) is -6.98. The van der Waals surface area contributed by atoms with E-state index in [0.29, 0.717) is 46.4 Å². The van der Waals surface area contributed by atoms with Crippen LogP contribution in [0.4, 0.5) is 31.1 Å². The van der Waals surface area contributed by atoms with Crippen LogP contribution < -0.4 is 5.32 Å². The quantitative estimate of drug-likeness (QED) is 0.195. The molecular formula is C33H37Cl3F6N8O2. The molecule has 4 aromatic rings. The minimum Gasteiger partial charge on any atom is -0.444 e. The molecule has 4 heterocycles. The Bertz CT molecular complexity index is 1790. The number of rotatable bonds is 6. The maximum absolute atomic E-state index is 13.5. The van der Waals surface area contributed by atoms with Gasteiger partial charge in [-0.05, 0) is 88.4 Å². The number of likely N-dealkylation sites (tertiary alicyclic amines) is 1. The van der Waals surface area contributed by atoms with Gasteiger partial charge in [0, 0.05) is 16.6 Å². The average Bonchev–Trinajstić information content (AvgIpc) is 3.84. The molecule has 6 rings (SSSR count). The molecule has 0 spiro atoms. The molecule has 0 unspecified atom stereocenters. The number of halogens is 9. The Kier molecular flexibility index (Phi) is 13.1. The summed E-state index contributed by atoms with van der Waals surface area (Å²) in [7, 11) is 0. The SMILES string of the molecule is CC(C)(C)OC(=O)N1CCC[C@@H]1c1nnc(C(F)(F)F)n1Cc1ccc(Cl)cc1.Cl.FC(F)(F)c1nnc([C@H]2CCCN2)n1Cc1ccc(Cl)cc1. The van der Waals surface area contributed by atoms with Gasteiger partial charge < -0.3 is 19.2 Å². The third-order valence-corrected chi connectivity index (χ3v) is 8.63. The van der Waals surface area contributed by atoms with Crippen LogP contribution in [0.2, 0.25) is 10.0 Å². The molecule has 2 aromatic carbocycles. The fourth-order valence-electron chi connectivity index (χ4n) is 5.89. The lowest BCUT2D eigenvalue weighted by Crippen LogP contribution is -2.37. The van der Waals surface area contributed by atoms with E-state index in [1.165, 1.54) is 4.90 Å². The molecule has 2 aromatic heterocycles. The first-order valence-corrected chi connectivity index (χ1v) is 16.9. The highest BCUT2D eigenvalue weighted by atomic mass is 35.5. The Morgan fingerprint density at radius 3 is 1.69 bits per heavy atom. The van der Waals surface area contributed by atoms with Gasteiger partial charge in [-0.3, -0.25) is 4.90 Å². The molecule has 284 valence electrons. The van der Waals surface area contributed by atoms with Crippen LogP contribution in [0.1, 0.15) is 93.0 Å². The molecule has 0 bridgehead atoms. The van der Waals surface area contributed by atoms with E-state index >= 15 is 0 Å². The van der Waals surface area contributed by atoms with Gasteiger partial charge in [-0.15, -0.1) is 32.8 Å². The molecule has 0 saturated carbocycles. The maximum Gasteiger partial charge on any atom is 0.451 e. The normalized spacial score (nSPS) is 17.8. The van der Waals surface area contributed by atoms with E-state index in [1.54, 1.807) is 69.3 Å². The van der Waals surface area contributed by atoms with Gasteiger partial charge in [0.05, 0.1) is 25.2 Å². The number of hydrogen-bond acceptors (Lipinski definition) is 7. The van der Waals surface area contributed by atoms with Gasteiger partial charge in [0.1, 0.15) is 5.60 Å². The number of aromatic nitrogens is 6. The molecule has 2 aliphatic heterocycles. The highest BCUT2D eigenvalue weighted by Gasteiger charge is 2.43. The van der Waals surface area contributed by atoms with E-state index in [9.17, 15) is 31.1 Å². The van der Waals surface area contributed by atoms with Crippen molar-refractivity contribution in [3.05, 3.63) is 93.0 Å². The maximum atomic E-state index is 13.5. The number of nitrogens with zero attached hydrogens (tertiary/aromatic N) is 7. The van der Waals surface area contributed by atoms with Gasteiger partial charge >= 0.3 is 18.4 Å². The van der Waals surface area contributed by atoms with Crippen molar-refractivity contribution in [2.45, 2.75) is 89.6 Å². The topological polar surface area (TPSA) is 103 Å². The summed E-state index contributed by atoms with van der Waals surface area (Å²) in [5.74, 6) is -1.64. The molecule has 10 nitrogen and oxygen atoms in total. The van der Waals surface area contributed by atoms with E-state index in [1.807, 2.05) is 0 Å². The summed E-state index contributed by atoms with van der Waals surface area (Å²) < 4.78 is 87.7. The molecule has 2 aliphatic rings. The average molecular weight is 798 g/mol. The minimum absolute atomic E-state index is 0. The number of nitrogens with one attached hydrogen (secondary N) is 1. The van der Waals surface area contributed by atoms with Crippen LogP contribution in [-0.4, -0.2) is 59.2 Å². The third kappa shape index (κ3) is 10.3. The highest BCUT2D eigenvalue weighted by Crippen LogP contribution is 2.37. The number of carbonyl (C=O) groups excluding carboxylic acids is 1. The Morgan fingerprint density at radius 2 is 1.25 bits per heavy atom. The number of alkyl halides is 6. The van der Waals surface area contributed by atoms with Crippen LogP contribution in [0.25, 0.3) is 0 Å². The summed E-state index contributed by atoms with van der Waals surface area (Å²) in [5, 5.41) is 18.6. The van der Waals surface area contributed by atoms with E-state index < -0.39 is 41.7 Å². The van der Waals surface area contributed by atoms with Crippen molar-refractivity contribution in [2.75, 3.05) is 13.1 Å². The summed E-state index contributed by atoms with van der Waals surface area (Å²) in [6.45, 7) is 6.34. The zero-order chi connectivity index (χ0) is 37.1. The molecule has 0 radical (unpaired) electrons. The second kappa shape index (κ2) is 16.6. The van der Waals surface area contributed by atoms with Crippen LogP contribution in [0.3, 0.4) is 0 Å². The van der Waals surface area contributed by atoms with Crippen molar-refractivity contribution in [2.24, 2.45) is 0 Å².